The fourth-order valence-corrected chi connectivity index (χ4v) is 1.73. The van der Waals surface area contributed by atoms with Gasteiger partial charge in [-0.25, -0.2) is 8.78 Å². The highest BCUT2D eigenvalue weighted by molar-refractivity contribution is 5.90. The van der Waals surface area contributed by atoms with Gasteiger partial charge in [-0.15, -0.1) is 0 Å². The number of nitrogens with one attached hydrogen (secondary N) is 1. The summed E-state index contributed by atoms with van der Waals surface area (Å²) in [4.78, 5) is 11.7. The summed E-state index contributed by atoms with van der Waals surface area (Å²) in [5.41, 5.74) is 0.202. The molecule has 0 aromatic heterocycles. The summed E-state index contributed by atoms with van der Waals surface area (Å²) < 4.78 is 36.2. The second-order valence-electron chi connectivity index (χ2n) is 4.45. The third-order valence-corrected chi connectivity index (χ3v) is 2.86. The zero-order valence-electron chi connectivity index (χ0n) is 11.9. The SMILES string of the molecule is COc1ccc(OCCC(=O)Nc2ccc(F)c(F)c2)cc1. The van der Waals surface area contributed by atoms with Gasteiger partial charge in [0.25, 0.3) is 0 Å². The molecule has 22 heavy (non-hydrogen) atoms. The first-order chi connectivity index (χ1) is 10.6. The van der Waals surface area contributed by atoms with Crippen LogP contribution in [-0.4, -0.2) is 19.6 Å². The normalized spacial score (nSPS) is 10.1. The third kappa shape index (κ3) is 4.44. The quantitative estimate of drug-likeness (QED) is 0.890. The van der Waals surface area contributed by atoms with Gasteiger partial charge in [0.2, 0.25) is 5.91 Å². The first kappa shape index (κ1) is 15.8. The molecular formula is C16H15F2NO3. The molecule has 0 saturated carbocycles. The minimum atomic E-state index is -1.01. The van der Waals surface area contributed by atoms with Gasteiger partial charge in [0, 0.05) is 11.8 Å². The highest BCUT2D eigenvalue weighted by Gasteiger charge is 2.06. The van der Waals surface area contributed by atoms with Gasteiger partial charge in [0.1, 0.15) is 11.5 Å². The molecule has 0 atom stereocenters. The van der Waals surface area contributed by atoms with Crippen molar-refractivity contribution in [2.24, 2.45) is 0 Å². The molecule has 0 unspecified atom stereocenters. The lowest BCUT2D eigenvalue weighted by atomic mass is 10.3. The van der Waals surface area contributed by atoms with E-state index in [0.29, 0.717) is 11.5 Å². The van der Waals surface area contributed by atoms with Crippen molar-refractivity contribution in [3.63, 3.8) is 0 Å². The van der Waals surface area contributed by atoms with E-state index in [1.54, 1.807) is 31.4 Å². The highest BCUT2D eigenvalue weighted by atomic mass is 19.2. The van der Waals surface area contributed by atoms with E-state index in [4.69, 9.17) is 9.47 Å². The largest absolute Gasteiger partial charge is 0.497 e. The van der Waals surface area contributed by atoms with E-state index in [9.17, 15) is 13.6 Å². The number of carbonyl (C=O) groups excluding carboxylic acids is 1. The van der Waals surface area contributed by atoms with Crippen LogP contribution in [0.25, 0.3) is 0 Å². The van der Waals surface area contributed by atoms with E-state index < -0.39 is 11.6 Å². The lowest BCUT2D eigenvalue weighted by molar-refractivity contribution is -0.116. The van der Waals surface area contributed by atoms with Crippen molar-refractivity contribution in [1.82, 2.24) is 0 Å². The number of amides is 1. The number of benzene rings is 2. The summed E-state index contributed by atoms with van der Waals surface area (Å²) in [5.74, 6) is -0.988. The molecule has 0 aliphatic carbocycles. The third-order valence-electron chi connectivity index (χ3n) is 2.86. The van der Waals surface area contributed by atoms with Crippen molar-refractivity contribution in [2.45, 2.75) is 6.42 Å². The number of hydrogen-bond acceptors (Lipinski definition) is 3. The molecule has 4 nitrogen and oxygen atoms in total. The van der Waals surface area contributed by atoms with Gasteiger partial charge in [-0.2, -0.15) is 0 Å². The van der Waals surface area contributed by atoms with Crippen LogP contribution in [0.2, 0.25) is 0 Å². The van der Waals surface area contributed by atoms with Gasteiger partial charge in [-0.05, 0) is 36.4 Å². The van der Waals surface area contributed by atoms with E-state index in [0.717, 1.165) is 12.1 Å². The maximum absolute atomic E-state index is 13.0. The Bertz CT molecular complexity index is 644. The van der Waals surface area contributed by atoms with Crippen LogP contribution >= 0.6 is 0 Å². The lowest BCUT2D eigenvalue weighted by Gasteiger charge is -2.08. The van der Waals surface area contributed by atoms with Crippen molar-refractivity contribution in [3.8, 4) is 11.5 Å². The Balaban J connectivity index is 1.78. The van der Waals surface area contributed by atoms with Crippen molar-refractivity contribution in [1.29, 1.82) is 0 Å². The summed E-state index contributed by atoms with van der Waals surface area (Å²) in [6.07, 6.45) is 0.0883. The van der Waals surface area contributed by atoms with Crippen LogP contribution in [-0.2, 0) is 4.79 Å². The Morgan fingerprint density at radius 1 is 1.05 bits per heavy atom. The molecule has 0 fully saturated rings. The highest BCUT2D eigenvalue weighted by Crippen LogP contribution is 2.17. The van der Waals surface area contributed by atoms with E-state index in [1.165, 1.54) is 6.07 Å². The average Bonchev–Trinajstić information content (AvgIpc) is 2.51. The van der Waals surface area contributed by atoms with E-state index >= 15 is 0 Å². The van der Waals surface area contributed by atoms with Crippen LogP contribution in [0.3, 0.4) is 0 Å². The Hall–Kier alpha value is -2.63. The second kappa shape index (κ2) is 7.40. The molecule has 1 N–H and O–H groups in total. The maximum atomic E-state index is 13.0. The number of methoxy groups -OCH3 is 1. The zero-order chi connectivity index (χ0) is 15.9. The van der Waals surface area contributed by atoms with E-state index in [2.05, 4.69) is 5.32 Å². The molecule has 2 aromatic rings. The topological polar surface area (TPSA) is 47.6 Å². The van der Waals surface area contributed by atoms with Gasteiger partial charge >= 0.3 is 0 Å². The number of anilines is 1. The number of ether oxygens (including phenoxy) is 2. The molecule has 6 heteroatoms. The smallest absolute Gasteiger partial charge is 0.227 e. The molecule has 0 bridgehead atoms. The van der Waals surface area contributed by atoms with Crippen LogP contribution in [0.1, 0.15) is 6.42 Å². The van der Waals surface area contributed by atoms with E-state index in [1.807, 2.05) is 0 Å². The number of hydrogen-bond donors (Lipinski definition) is 1. The molecule has 2 aromatic carbocycles. The van der Waals surface area contributed by atoms with Gasteiger partial charge in [-0.3, -0.25) is 4.79 Å². The Morgan fingerprint density at radius 3 is 2.36 bits per heavy atom. The minimum absolute atomic E-state index is 0.0883. The van der Waals surface area contributed by atoms with Gasteiger partial charge in [-0.1, -0.05) is 0 Å². The van der Waals surface area contributed by atoms with E-state index in [-0.39, 0.29) is 24.6 Å². The van der Waals surface area contributed by atoms with Crippen molar-refractivity contribution in [3.05, 3.63) is 54.1 Å². The van der Waals surface area contributed by atoms with Crippen molar-refractivity contribution >= 4 is 11.6 Å². The standard InChI is InChI=1S/C16H15F2NO3/c1-21-12-3-5-13(6-4-12)22-9-8-16(20)19-11-2-7-14(17)15(18)10-11/h2-7,10H,8-9H2,1H3,(H,19,20). The predicted molar refractivity (Wildman–Crippen MR) is 78.1 cm³/mol. The average molecular weight is 307 g/mol. The van der Waals surface area contributed by atoms with Crippen molar-refractivity contribution in [2.75, 3.05) is 19.0 Å². The molecule has 0 aliphatic rings. The zero-order valence-corrected chi connectivity index (χ0v) is 11.9. The molecule has 1 amide bonds. The first-order valence-corrected chi connectivity index (χ1v) is 6.60. The summed E-state index contributed by atoms with van der Waals surface area (Å²) in [6.45, 7) is 0.168. The first-order valence-electron chi connectivity index (χ1n) is 6.60. The number of halogens is 2. The molecule has 116 valence electrons. The minimum Gasteiger partial charge on any atom is -0.497 e. The lowest BCUT2D eigenvalue weighted by Crippen LogP contribution is -2.15. The molecular weight excluding hydrogens is 292 g/mol. The molecule has 0 heterocycles. The van der Waals surface area contributed by atoms with Crippen LogP contribution < -0.4 is 14.8 Å². The van der Waals surface area contributed by atoms with Crippen LogP contribution in [0.15, 0.2) is 42.5 Å². The molecule has 0 aliphatic heterocycles. The summed E-state index contributed by atoms with van der Waals surface area (Å²) in [6, 6.07) is 10.1. The number of carbonyl (C=O) groups is 1. The van der Waals surface area contributed by atoms with Crippen molar-refractivity contribution < 1.29 is 23.0 Å². The van der Waals surface area contributed by atoms with Gasteiger partial charge in [0.05, 0.1) is 20.1 Å². The van der Waals surface area contributed by atoms with Crippen LogP contribution in [0.5, 0.6) is 11.5 Å². The molecule has 2 rings (SSSR count). The summed E-state index contributed by atoms with van der Waals surface area (Å²) in [7, 11) is 1.57. The Labute approximate surface area is 126 Å². The second-order valence-corrected chi connectivity index (χ2v) is 4.45. The Morgan fingerprint density at radius 2 is 1.73 bits per heavy atom. The summed E-state index contributed by atoms with van der Waals surface area (Å²) >= 11 is 0. The fourth-order valence-electron chi connectivity index (χ4n) is 1.73. The molecule has 0 spiro atoms. The van der Waals surface area contributed by atoms with Crippen LogP contribution in [0, 0.1) is 11.6 Å². The fraction of sp³-hybridized carbons (Fsp3) is 0.188. The maximum Gasteiger partial charge on any atom is 0.227 e. The van der Waals surface area contributed by atoms with Gasteiger partial charge in [0.15, 0.2) is 11.6 Å². The summed E-state index contributed by atoms with van der Waals surface area (Å²) in [5, 5.41) is 2.47. The Kier molecular flexibility index (Phi) is 5.30. The monoisotopic (exact) mass is 307 g/mol. The van der Waals surface area contributed by atoms with Crippen LogP contribution in [0.4, 0.5) is 14.5 Å². The predicted octanol–water partition coefficient (Wildman–Crippen LogP) is 3.38. The molecule has 0 saturated heterocycles. The van der Waals surface area contributed by atoms with Gasteiger partial charge < -0.3 is 14.8 Å². The molecule has 0 radical (unpaired) electrons. The number of rotatable bonds is 6.